The number of nitrogens with one attached hydrogen (secondary N) is 1. The summed E-state index contributed by atoms with van der Waals surface area (Å²) in [6.07, 6.45) is 4.50. The molecular formula is C8H15NOS. The van der Waals surface area contributed by atoms with Gasteiger partial charge in [0.1, 0.15) is 0 Å². The van der Waals surface area contributed by atoms with Gasteiger partial charge in [0.15, 0.2) is 0 Å². The fourth-order valence-electron chi connectivity index (χ4n) is 2.05. The van der Waals surface area contributed by atoms with E-state index in [1.54, 1.807) is 0 Å². The van der Waals surface area contributed by atoms with Gasteiger partial charge in [-0.1, -0.05) is 12.8 Å². The Morgan fingerprint density at radius 3 is 3.00 bits per heavy atom. The maximum atomic E-state index is 9.78. The maximum absolute atomic E-state index is 9.78. The van der Waals surface area contributed by atoms with E-state index in [4.69, 9.17) is 0 Å². The molecule has 2 N–H and O–H groups in total. The molecule has 11 heavy (non-hydrogen) atoms. The molecule has 0 aromatic heterocycles. The molecule has 1 saturated carbocycles. The number of hydrogen-bond donors (Lipinski definition) is 2. The van der Waals surface area contributed by atoms with Crippen LogP contribution in [0.25, 0.3) is 0 Å². The first-order valence-electron chi connectivity index (χ1n) is 4.41. The normalized spacial score (nSPS) is 45.0. The molecule has 2 aliphatic rings. The van der Waals surface area contributed by atoms with Gasteiger partial charge in [-0.05, 0) is 12.8 Å². The Hall–Kier alpha value is 0.270. The van der Waals surface area contributed by atoms with Gasteiger partial charge in [0.05, 0.1) is 11.0 Å². The van der Waals surface area contributed by atoms with Crippen molar-refractivity contribution in [3.05, 3.63) is 0 Å². The standard InChI is InChI=1S/C8H15NOS/c10-7-3-1-2-4-8(7)9-5-6-11-8/h7,9-10H,1-6H2/t7-,8-/m1/s1. The highest BCUT2D eigenvalue weighted by Crippen LogP contribution is 2.40. The molecule has 1 aliphatic heterocycles. The molecule has 0 amide bonds. The molecule has 1 heterocycles. The smallest absolute Gasteiger partial charge is 0.0907 e. The van der Waals surface area contributed by atoms with Crippen LogP contribution in [0.15, 0.2) is 0 Å². The number of hydrogen-bond acceptors (Lipinski definition) is 3. The SMILES string of the molecule is O[C@@H]1CCCC[C@]12NCCS2. The topological polar surface area (TPSA) is 32.3 Å². The molecule has 1 spiro atoms. The highest BCUT2D eigenvalue weighted by atomic mass is 32.2. The fourth-order valence-corrected chi connectivity index (χ4v) is 3.42. The summed E-state index contributed by atoms with van der Waals surface area (Å²) in [5.74, 6) is 1.16. The summed E-state index contributed by atoms with van der Waals surface area (Å²) in [6.45, 7) is 1.07. The lowest BCUT2D eigenvalue weighted by Crippen LogP contribution is -2.50. The van der Waals surface area contributed by atoms with Gasteiger partial charge in [-0.3, -0.25) is 5.32 Å². The predicted octanol–water partition coefficient (Wildman–Crippen LogP) is 0.954. The third kappa shape index (κ3) is 1.30. The summed E-state index contributed by atoms with van der Waals surface area (Å²) in [5.41, 5.74) is 0. The van der Waals surface area contributed by atoms with E-state index < -0.39 is 0 Å². The first-order valence-corrected chi connectivity index (χ1v) is 5.39. The van der Waals surface area contributed by atoms with Crippen LogP contribution < -0.4 is 5.32 Å². The molecule has 0 radical (unpaired) electrons. The van der Waals surface area contributed by atoms with Crippen LogP contribution in [0.2, 0.25) is 0 Å². The van der Waals surface area contributed by atoms with Crippen molar-refractivity contribution in [2.45, 2.75) is 36.7 Å². The van der Waals surface area contributed by atoms with Crippen LogP contribution in [0.3, 0.4) is 0 Å². The molecule has 0 aromatic rings. The molecule has 2 nitrogen and oxygen atoms in total. The average molecular weight is 173 g/mol. The summed E-state index contributed by atoms with van der Waals surface area (Å²) in [7, 11) is 0. The molecular weight excluding hydrogens is 158 g/mol. The van der Waals surface area contributed by atoms with E-state index in [0.29, 0.717) is 0 Å². The molecule has 0 unspecified atom stereocenters. The Bertz CT molecular complexity index is 145. The van der Waals surface area contributed by atoms with E-state index in [1.165, 1.54) is 12.8 Å². The predicted molar refractivity (Wildman–Crippen MR) is 47.7 cm³/mol. The molecule has 2 atom stereocenters. The zero-order valence-corrected chi connectivity index (χ0v) is 7.49. The van der Waals surface area contributed by atoms with E-state index >= 15 is 0 Å². The zero-order chi connectivity index (χ0) is 7.73. The fraction of sp³-hybridized carbons (Fsp3) is 1.00. The van der Waals surface area contributed by atoms with E-state index in [9.17, 15) is 5.11 Å². The third-order valence-corrected chi connectivity index (χ3v) is 4.24. The van der Waals surface area contributed by atoms with Crippen molar-refractivity contribution in [2.75, 3.05) is 12.3 Å². The van der Waals surface area contributed by atoms with Gasteiger partial charge < -0.3 is 5.11 Å². The van der Waals surface area contributed by atoms with Gasteiger partial charge in [0.25, 0.3) is 0 Å². The summed E-state index contributed by atoms with van der Waals surface area (Å²) in [4.78, 5) is 0.0538. The van der Waals surface area contributed by atoms with Crippen LogP contribution >= 0.6 is 11.8 Å². The van der Waals surface area contributed by atoms with E-state index in [-0.39, 0.29) is 11.0 Å². The minimum Gasteiger partial charge on any atom is -0.390 e. The lowest BCUT2D eigenvalue weighted by atomic mass is 9.92. The Labute approximate surface area is 71.7 Å². The van der Waals surface area contributed by atoms with E-state index in [0.717, 1.165) is 25.1 Å². The highest BCUT2D eigenvalue weighted by Gasteiger charge is 2.42. The Morgan fingerprint density at radius 1 is 1.45 bits per heavy atom. The molecule has 2 rings (SSSR count). The molecule has 64 valence electrons. The molecule has 0 bridgehead atoms. The van der Waals surface area contributed by atoms with Crippen LogP contribution in [0.5, 0.6) is 0 Å². The third-order valence-electron chi connectivity index (χ3n) is 2.70. The minimum atomic E-state index is -0.108. The van der Waals surface area contributed by atoms with Crippen LogP contribution in [0.1, 0.15) is 25.7 Å². The van der Waals surface area contributed by atoms with Crippen molar-refractivity contribution in [1.82, 2.24) is 5.32 Å². The quantitative estimate of drug-likeness (QED) is 0.572. The van der Waals surface area contributed by atoms with Gasteiger partial charge in [-0.2, -0.15) is 0 Å². The van der Waals surface area contributed by atoms with E-state index in [2.05, 4.69) is 5.32 Å². The van der Waals surface area contributed by atoms with Crippen LogP contribution in [0, 0.1) is 0 Å². The Kier molecular flexibility index (Phi) is 2.12. The summed E-state index contributed by atoms with van der Waals surface area (Å²) in [5, 5.41) is 13.2. The first kappa shape index (κ1) is 7.90. The minimum absolute atomic E-state index is 0.0538. The molecule has 0 aromatic carbocycles. The van der Waals surface area contributed by atoms with E-state index in [1.807, 2.05) is 11.8 Å². The second kappa shape index (κ2) is 2.96. The highest BCUT2D eigenvalue weighted by molar-refractivity contribution is 8.00. The van der Waals surface area contributed by atoms with Gasteiger partial charge in [0, 0.05) is 12.3 Å². The van der Waals surface area contributed by atoms with Gasteiger partial charge in [-0.15, -0.1) is 11.8 Å². The largest absolute Gasteiger partial charge is 0.390 e. The monoisotopic (exact) mass is 173 g/mol. The molecule has 2 fully saturated rings. The number of aliphatic hydroxyl groups is 1. The zero-order valence-electron chi connectivity index (χ0n) is 6.68. The van der Waals surface area contributed by atoms with Crippen LogP contribution in [-0.2, 0) is 0 Å². The second-order valence-electron chi connectivity index (χ2n) is 3.43. The van der Waals surface area contributed by atoms with Crippen molar-refractivity contribution < 1.29 is 5.11 Å². The Balaban J connectivity index is 2.07. The molecule has 3 heteroatoms. The van der Waals surface area contributed by atoms with Crippen molar-refractivity contribution >= 4 is 11.8 Å². The van der Waals surface area contributed by atoms with Gasteiger partial charge in [0.2, 0.25) is 0 Å². The van der Waals surface area contributed by atoms with Crippen LogP contribution in [0.4, 0.5) is 0 Å². The second-order valence-corrected chi connectivity index (χ2v) is 4.85. The van der Waals surface area contributed by atoms with Crippen LogP contribution in [-0.4, -0.2) is 28.4 Å². The summed E-state index contributed by atoms with van der Waals surface area (Å²) < 4.78 is 0. The van der Waals surface area contributed by atoms with Crippen molar-refractivity contribution in [3.63, 3.8) is 0 Å². The lowest BCUT2D eigenvalue weighted by molar-refractivity contribution is 0.0784. The number of aliphatic hydroxyl groups excluding tert-OH is 1. The first-order chi connectivity index (χ1) is 5.33. The summed E-state index contributed by atoms with van der Waals surface area (Å²) in [6, 6.07) is 0. The summed E-state index contributed by atoms with van der Waals surface area (Å²) >= 11 is 1.91. The lowest BCUT2D eigenvalue weighted by Gasteiger charge is -2.37. The molecule has 1 aliphatic carbocycles. The average Bonchev–Trinajstić information content (AvgIpc) is 2.46. The number of thioether (sulfide) groups is 1. The number of rotatable bonds is 0. The maximum Gasteiger partial charge on any atom is 0.0907 e. The Morgan fingerprint density at radius 2 is 2.36 bits per heavy atom. The van der Waals surface area contributed by atoms with Crippen molar-refractivity contribution in [2.24, 2.45) is 0 Å². The van der Waals surface area contributed by atoms with Gasteiger partial charge in [-0.25, -0.2) is 0 Å². The molecule has 1 saturated heterocycles. The van der Waals surface area contributed by atoms with Crippen molar-refractivity contribution in [1.29, 1.82) is 0 Å². The van der Waals surface area contributed by atoms with Gasteiger partial charge >= 0.3 is 0 Å². The van der Waals surface area contributed by atoms with Crippen molar-refractivity contribution in [3.8, 4) is 0 Å².